The number of amides is 6. The van der Waals surface area contributed by atoms with Crippen molar-refractivity contribution in [2.75, 3.05) is 89.6 Å². The number of nitrogens with zero attached hydrogens (tertiary/aromatic N) is 6. The second-order valence-corrected chi connectivity index (χ2v) is 15.9. The maximum Gasteiger partial charge on any atom is 0.262 e. The molecular weight excluding hydrogens is 886 g/mol. The first-order valence-electron chi connectivity index (χ1n) is 21.2. The van der Waals surface area contributed by atoms with Gasteiger partial charge in [0.15, 0.2) is 5.82 Å². The van der Waals surface area contributed by atoms with Crippen LogP contribution in [-0.2, 0) is 28.7 Å². The SMILES string of the molecule is C=CC(=O)N1CCN(c2nc(NCCC(=O)N(C)CCOCCOCCOc3ccc4c(c3)C(=O)N(C3CCC(=O)NC3=O)C4=O)nc3c(F)c(C4=C(F)C=CCC=C4O)c(Cl)cc23)CC1. The lowest BCUT2D eigenvalue weighted by molar-refractivity contribution is -0.136. The fraction of sp³-hybridized carbons (Fsp3) is 0.378. The number of hydrogen-bond acceptors (Lipinski definition) is 14. The molecule has 0 saturated carbocycles. The van der Waals surface area contributed by atoms with Crippen LogP contribution in [0.3, 0.4) is 0 Å². The molecule has 3 N–H and O–H groups in total. The third-order valence-corrected chi connectivity index (χ3v) is 11.6. The molecule has 66 heavy (non-hydrogen) atoms. The van der Waals surface area contributed by atoms with Crippen molar-refractivity contribution in [3.8, 4) is 5.75 Å². The molecule has 1 atom stereocenters. The third kappa shape index (κ3) is 10.3. The first kappa shape index (κ1) is 47.2. The second kappa shape index (κ2) is 21.0. The van der Waals surface area contributed by atoms with E-state index in [0.29, 0.717) is 37.7 Å². The predicted molar refractivity (Wildman–Crippen MR) is 237 cm³/mol. The van der Waals surface area contributed by atoms with Crippen molar-refractivity contribution in [2.24, 2.45) is 0 Å². The van der Waals surface area contributed by atoms with Crippen molar-refractivity contribution in [3.63, 3.8) is 0 Å². The van der Waals surface area contributed by atoms with Gasteiger partial charge in [0.25, 0.3) is 11.8 Å². The number of piperazine rings is 1. The number of anilines is 2. The topological polar surface area (TPSA) is 213 Å². The van der Waals surface area contributed by atoms with Crippen LogP contribution in [0.5, 0.6) is 5.75 Å². The minimum atomic E-state index is -1.06. The third-order valence-electron chi connectivity index (χ3n) is 11.3. The van der Waals surface area contributed by atoms with Crippen molar-refractivity contribution in [1.82, 2.24) is 30.0 Å². The molecule has 0 radical (unpaired) electrons. The Labute approximate surface area is 382 Å². The quantitative estimate of drug-likeness (QED) is 0.0931. The van der Waals surface area contributed by atoms with Crippen LogP contribution in [0.25, 0.3) is 16.5 Å². The van der Waals surface area contributed by atoms with E-state index in [2.05, 4.69) is 27.2 Å². The van der Waals surface area contributed by atoms with Gasteiger partial charge in [0, 0.05) is 70.1 Å². The molecule has 1 unspecified atom stereocenters. The molecular formula is C45H47ClF2N8O10. The van der Waals surface area contributed by atoms with Gasteiger partial charge in [-0.15, -0.1) is 0 Å². The van der Waals surface area contributed by atoms with Gasteiger partial charge in [0.05, 0.1) is 48.2 Å². The zero-order valence-corrected chi connectivity index (χ0v) is 36.7. The summed E-state index contributed by atoms with van der Waals surface area (Å²) in [6.45, 7) is 6.27. The molecule has 3 aliphatic heterocycles. The smallest absolute Gasteiger partial charge is 0.262 e. The Balaban J connectivity index is 0.869. The maximum absolute atomic E-state index is 16.6. The van der Waals surface area contributed by atoms with Gasteiger partial charge in [0.1, 0.15) is 41.3 Å². The van der Waals surface area contributed by atoms with Crippen LogP contribution >= 0.6 is 11.6 Å². The predicted octanol–water partition coefficient (Wildman–Crippen LogP) is 4.11. The maximum atomic E-state index is 16.6. The van der Waals surface area contributed by atoms with Crippen LogP contribution in [0.4, 0.5) is 20.5 Å². The van der Waals surface area contributed by atoms with Gasteiger partial charge in [0.2, 0.25) is 29.6 Å². The Kier molecular flexibility index (Phi) is 15.0. The van der Waals surface area contributed by atoms with Gasteiger partial charge < -0.3 is 39.3 Å². The molecule has 2 fully saturated rings. The zero-order chi connectivity index (χ0) is 47.1. The van der Waals surface area contributed by atoms with E-state index >= 15 is 8.78 Å². The molecule has 2 aromatic carbocycles. The summed E-state index contributed by atoms with van der Waals surface area (Å²) >= 11 is 6.60. The normalized spacial score (nSPS) is 17.5. The number of imide groups is 2. The number of carbonyl (C=O) groups excluding carboxylic acids is 6. The van der Waals surface area contributed by atoms with E-state index in [4.69, 9.17) is 25.8 Å². The van der Waals surface area contributed by atoms with E-state index in [0.717, 1.165) is 11.0 Å². The van der Waals surface area contributed by atoms with Crippen molar-refractivity contribution in [3.05, 3.63) is 94.3 Å². The number of allylic oxidation sites excluding steroid dienone is 5. The number of carbonyl (C=O) groups is 6. The average Bonchev–Trinajstić information content (AvgIpc) is 3.42. The molecule has 4 aliphatic rings. The molecule has 18 nitrogen and oxygen atoms in total. The van der Waals surface area contributed by atoms with Crippen LogP contribution in [0.2, 0.25) is 5.02 Å². The summed E-state index contributed by atoms with van der Waals surface area (Å²) in [5.41, 5.74) is -0.719. The number of hydrogen-bond donors (Lipinski definition) is 3. The highest BCUT2D eigenvalue weighted by Gasteiger charge is 2.44. The molecule has 3 aromatic rings. The van der Waals surface area contributed by atoms with Gasteiger partial charge in [-0.25, -0.2) is 13.8 Å². The first-order chi connectivity index (χ1) is 31.8. The molecule has 4 heterocycles. The van der Waals surface area contributed by atoms with Crippen LogP contribution in [0.1, 0.15) is 52.0 Å². The van der Waals surface area contributed by atoms with Crippen molar-refractivity contribution in [2.45, 2.75) is 31.7 Å². The molecule has 7 rings (SSSR count). The Bertz CT molecular complexity index is 2560. The van der Waals surface area contributed by atoms with E-state index in [1.165, 1.54) is 41.3 Å². The zero-order valence-electron chi connectivity index (χ0n) is 35.9. The summed E-state index contributed by atoms with van der Waals surface area (Å²) in [5, 5.41) is 15.9. The number of nitrogens with one attached hydrogen (secondary N) is 2. The van der Waals surface area contributed by atoms with Gasteiger partial charge in [-0.1, -0.05) is 24.3 Å². The molecule has 6 amide bonds. The van der Waals surface area contributed by atoms with E-state index in [1.54, 1.807) is 18.0 Å². The fourth-order valence-electron chi connectivity index (χ4n) is 7.78. The van der Waals surface area contributed by atoms with Crippen molar-refractivity contribution >= 4 is 75.3 Å². The van der Waals surface area contributed by atoms with Crippen LogP contribution in [-0.4, -0.2) is 151 Å². The van der Waals surface area contributed by atoms with Crippen LogP contribution in [0.15, 0.2) is 66.7 Å². The van der Waals surface area contributed by atoms with Gasteiger partial charge in [-0.05, 0) is 55.3 Å². The molecule has 1 aliphatic carbocycles. The highest BCUT2D eigenvalue weighted by Crippen LogP contribution is 2.41. The Hall–Kier alpha value is -6.77. The molecule has 21 heteroatoms. The number of aromatic nitrogens is 2. The molecule has 0 bridgehead atoms. The summed E-state index contributed by atoms with van der Waals surface area (Å²) in [6.07, 6.45) is 5.51. The van der Waals surface area contributed by atoms with E-state index in [9.17, 15) is 33.9 Å². The van der Waals surface area contributed by atoms with Crippen LogP contribution in [0, 0.1) is 5.82 Å². The number of piperidine rings is 1. The number of likely N-dealkylation sites (N-methyl/N-ethyl adjacent to an activating group) is 1. The summed E-state index contributed by atoms with van der Waals surface area (Å²) in [6, 6.07) is 4.80. The highest BCUT2D eigenvalue weighted by atomic mass is 35.5. The summed E-state index contributed by atoms with van der Waals surface area (Å²) in [4.78, 5) is 90.0. The Morgan fingerprint density at radius 3 is 2.48 bits per heavy atom. The minimum absolute atomic E-state index is 0.00864. The van der Waals surface area contributed by atoms with Gasteiger partial charge in [-0.2, -0.15) is 4.98 Å². The number of ether oxygens (including phenoxy) is 3. The van der Waals surface area contributed by atoms with Gasteiger partial charge >= 0.3 is 0 Å². The number of aliphatic hydroxyl groups excluding tert-OH is 1. The van der Waals surface area contributed by atoms with Gasteiger partial charge in [-0.3, -0.25) is 39.0 Å². The van der Waals surface area contributed by atoms with E-state index in [-0.39, 0.29) is 122 Å². The number of aliphatic hydroxyl groups is 1. The number of halogens is 3. The van der Waals surface area contributed by atoms with Crippen LogP contribution < -0.4 is 20.3 Å². The average molecular weight is 933 g/mol. The highest BCUT2D eigenvalue weighted by molar-refractivity contribution is 6.33. The minimum Gasteiger partial charge on any atom is -0.508 e. The number of fused-ring (bicyclic) bond motifs is 2. The van der Waals surface area contributed by atoms with E-state index in [1.807, 2.05) is 4.90 Å². The summed E-state index contributed by atoms with van der Waals surface area (Å²) in [7, 11) is 1.62. The molecule has 1 aromatic heterocycles. The van der Waals surface area contributed by atoms with Crippen molar-refractivity contribution < 1.29 is 56.9 Å². The lowest BCUT2D eigenvalue weighted by Crippen LogP contribution is -2.54. The molecule has 0 spiro atoms. The monoisotopic (exact) mass is 932 g/mol. The molecule has 2 saturated heterocycles. The van der Waals surface area contributed by atoms with E-state index < -0.39 is 52.6 Å². The second-order valence-electron chi connectivity index (χ2n) is 15.5. The first-order valence-corrected chi connectivity index (χ1v) is 21.6. The largest absolute Gasteiger partial charge is 0.508 e. The molecule has 348 valence electrons. The Morgan fingerprint density at radius 2 is 1.74 bits per heavy atom. The number of rotatable bonds is 18. The Morgan fingerprint density at radius 1 is 1.02 bits per heavy atom. The fourth-order valence-corrected chi connectivity index (χ4v) is 8.07. The number of benzene rings is 2. The van der Waals surface area contributed by atoms with Crippen molar-refractivity contribution in [1.29, 1.82) is 0 Å². The lowest BCUT2D eigenvalue weighted by atomic mass is 9.99. The standard InChI is InChI=1S/C45H47ClF2N8O10/c1-3-35(59)54-14-16-55(17-15-54)41-29-25-30(46)37(38-31(47)6-4-5-7-33(38)57)39(48)40(29)51-45(52-41)49-13-12-36(60)53(2)18-19-64-20-21-65-22-23-66-26-8-9-27-28(24-26)44(63)56(43(27)62)32-10-11-34(58)50-42(32)61/h3-4,6-9,24-25,32,57H,1,5,10-23H2,2H3,(H,49,51,52)(H,50,58,61). The lowest BCUT2D eigenvalue weighted by Gasteiger charge is -2.35. The summed E-state index contributed by atoms with van der Waals surface area (Å²) in [5.74, 6) is -4.53. The summed E-state index contributed by atoms with van der Waals surface area (Å²) < 4.78 is 48.7.